The van der Waals surface area contributed by atoms with Gasteiger partial charge < -0.3 is 9.30 Å². The van der Waals surface area contributed by atoms with Crippen molar-refractivity contribution in [3.63, 3.8) is 0 Å². The van der Waals surface area contributed by atoms with Crippen molar-refractivity contribution in [2.75, 3.05) is 12.0 Å². The highest BCUT2D eigenvalue weighted by Gasteiger charge is 2.36. The fourth-order valence-corrected chi connectivity index (χ4v) is 3.56. The first-order valence-corrected chi connectivity index (χ1v) is 9.75. The number of amides is 4. The van der Waals surface area contributed by atoms with E-state index < -0.39 is 17.8 Å². The summed E-state index contributed by atoms with van der Waals surface area (Å²) in [5, 5.41) is 2.58. The summed E-state index contributed by atoms with van der Waals surface area (Å²) in [4.78, 5) is 38.6. The van der Waals surface area contributed by atoms with Crippen molar-refractivity contribution >= 4 is 41.2 Å². The number of urea groups is 1. The molecule has 0 atom stereocenters. The Kier molecular flexibility index (Phi) is 5.35. The maximum atomic E-state index is 13.0. The molecule has 1 fully saturated rings. The van der Waals surface area contributed by atoms with E-state index in [0.29, 0.717) is 10.6 Å². The van der Waals surface area contributed by atoms with Crippen molar-refractivity contribution < 1.29 is 19.1 Å². The molecular formula is C23H18ClN3O4. The third kappa shape index (κ3) is 3.95. The highest BCUT2D eigenvalue weighted by Crippen LogP contribution is 2.25. The number of nitrogens with one attached hydrogen (secondary N) is 1. The van der Waals surface area contributed by atoms with Crippen molar-refractivity contribution in [3.05, 3.63) is 82.6 Å². The van der Waals surface area contributed by atoms with Gasteiger partial charge in [0.2, 0.25) is 0 Å². The lowest BCUT2D eigenvalue weighted by Gasteiger charge is -2.26. The number of aromatic nitrogens is 1. The number of rotatable bonds is 4. The molecule has 0 unspecified atom stereocenters. The number of anilines is 1. The van der Waals surface area contributed by atoms with Gasteiger partial charge in [0.15, 0.2) is 0 Å². The van der Waals surface area contributed by atoms with E-state index >= 15 is 0 Å². The normalized spacial score (nSPS) is 15.4. The van der Waals surface area contributed by atoms with Gasteiger partial charge in [0.1, 0.15) is 11.3 Å². The molecule has 8 heteroatoms. The van der Waals surface area contributed by atoms with E-state index in [1.807, 2.05) is 48.0 Å². The van der Waals surface area contributed by atoms with E-state index in [2.05, 4.69) is 5.32 Å². The van der Waals surface area contributed by atoms with Crippen LogP contribution in [0.4, 0.5) is 10.5 Å². The van der Waals surface area contributed by atoms with Gasteiger partial charge in [-0.2, -0.15) is 0 Å². The van der Waals surface area contributed by atoms with Crippen LogP contribution in [0, 0.1) is 6.92 Å². The molecule has 2 heterocycles. The van der Waals surface area contributed by atoms with Crippen LogP contribution in [-0.4, -0.2) is 29.5 Å². The fourth-order valence-electron chi connectivity index (χ4n) is 3.37. The van der Waals surface area contributed by atoms with Crippen LogP contribution in [0.2, 0.25) is 5.02 Å². The molecule has 0 spiro atoms. The molecule has 3 aromatic rings. The molecule has 1 aromatic heterocycles. The Morgan fingerprint density at radius 2 is 1.74 bits per heavy atom. The lowest BCUT2D eigenvalue weighted by atomic mass is 10.1. The average molecular weight is 436 g/mol. The summed E-state index contributed by atoms with van der Waals surface area (Å²) in [7, 11) is 1.60. The van der Waals surface area contributed by atoms with Gasteiger partial charge in [0.05, 0.1) is 12.8 Å². The largest absolute Gasteiger partial charge is 0.497 e. The topological polar surface area (TPSA) is 80.6 Å². The second-order valence-corrected chi connectivity index (χ2v) is 7.36. The Morgan fingerprint density at radius 1 is 1.00 bits per heavy atom. The second-order valence-electron chi connectivity index (χ2n) is 6.92. The average Bonchev–Trinajstić information content (AvgIpc) is 3.11. The van der Waals surface area contributed by atoms with Crippen LogP contribution in [0.3, 0.4) is 0 Å². The van der Waals surface area contributed by atoms with E-state index in [-0.39, 0.29) is 11.3 Å². The second kappa shape index (κ2) is 8.12. The summed E-state index contributed by atoms with van der Waals surface area (Å²) in [6.45, 7) is 1.91. The zero-order valence-electron chi connectivity index (χ0n) is 16.8. The molecule has 0 bridgehead atoms. The van der Waals surface area contributed by atoms with E-state index in [1.54, 1.807) is 25.3 Å². The number of aryl methyl sites for hydroxylation is 1. The number of ether oxygens (including phenoxy) is 1. The van der Waals surface area contributed by atoms with Crippen LogP contribution in [-0.2, 0) is 9.59 Å². The van der Waals surface area contributed by atoms with Crippen molar-refractivity contribution in [2.45, 2.75) is 6.92 Å². The Hall–Kier alpha value is -3.84. The smallest absolute Gasteiger partial charge is 0.335 e. The molecule has 2 aromatic carbocycles. The van der Waals surface area contributed by atoms with E-state index in [9.17, 15) is 14.4 Å². The monoisotopic (exact) mass is 435 g/mol. The first kappa shape index (κ1) is 20.4. The molecule has 0 radical (unpaired) electrons. The predicted octanol–water partition coefficient (Wildman–Crippen LogP) is 4.11. The lowest BCUT2D eigenvalue weighted by Crippen LogP contribution is -2.54. The quantitative estimate of drug-likeness (QED) is 0.494. The zero-order valence-corrected chi connectivity index (χ0v) is 17.5. The third-order valence-electron chi connectivity index (χ3n) is 4.86. The number of carbonyl (C=O) groups excluding carboxylic acids is 3. The van der Waals surface area contributed by atoms with E-state index in [1.165, 1.54) is 12.1 Å². The Labute approximate surface area is 183 Å². The Bertz CT molecular complexity index is 1230. The first-order chi connectivity index (χ1) is 14.9. The van der Waals surface area contributed by atoms with Crippen LogP contribution in [0.1, 0.15) is 11.3 Å². The molecule has 1 N–H and O–H groups in total. The summed E-state index contributed by atoms with van der Waals surface area (Å²) in [5.41, 5.74) is 2.58. The molecule has 7 nitrogen and oxygen atoms in total. The van der Waals surface area contributed by atoms with Gasteiger partial charge in [-0.25, -0.2) is 9.69 Å². The standard InChI is InChI=1S/C23H18ClN3O4/c1-14-10-15(13-26(14)17-6-8-19(31-2)9-7-17)11-20-21(28)25-23(30)27(22(20)29)18-5-3-4-16(24)12-18/h3-13H,1-2H3,(H,25,28,30)/b20-11-. The molecule has 1 aliphatic heterocycles. The minimum absolute atomic E-state index is 0.147. The van der Waals surface area contributed by atoms with Crippen LogP contribution < -0.4 is 15.0 Å². The maximum Gasteiger partial charge on any atom is 0.335 e. The Balaban J connectivity index is 1.69. The third-order valence-corrected chi connectivity index (χ3v) is 5.10. The van der Waals surface area contributed by atoms with Crippen molar-refractivity contribution in [1.29, 1.82) is 0 Å². The predicted molar refractivity (Wildman–Crippen MR) is 118 cm³/mol. The van der Waals surface area contributed by atoms with Gasteiger partial charge in [0.25, 0.3) is 11.8 Å². The lowest BCUT2D eigenvalue weighted by molar-refractivity contribution is -0.122. The number of benzene rings is 2. The number of carbonyl (C=O) groups is 3. The molecule has 156 valence electrons. The van der Waals surface area contributed by atoms with Gasteiger partial charge in [-0.05, 0) is 67.1 Å². The highest BCUT2D eigenvalue weighted by molar-refractivity contribution is 6.39. The van der Waals surface area contributed by atoms with Gasteiger partial charge in [-0.15, -0.1) is 0 Å². The van der Waals surface area contributed by atoms with Crippen molar-refractivity contribution in [1.82, 2.24) is 9.88 Å². The first-order valence-electron chi connectivity index (χ1n) is 9.38. The molecule has 4 rings (SSSR count). The molecule has 31 heavy (non-hydrogen) atoms. The number of hydrogen-bond donors (Lipinski definition) is 1. The molecule has 0 aliphatic carbocycles. The number of hydrogen-bond acceptors (Lipinski definition) is 4. The zero-order chi connectivity index (χ0) is 22.1. The molecule has 1 aliphatic rings. The van der Waals surface area contributed by atoms with E-state index in [0.717, 1.165) is 22.0 Å². The summed E-state index contributed by atoms with van der Waals surface area (Å²) in [5.74, 6) is -0.722. The number of methoxy groups -OCH3 is 1. The number of imide groups is 2. The van der Waals surface area contributed by atoms with E-state index in [4.69, 9.17) is 16.3 Å². The number of nitrogens with zero attached hydrogens (tertiary/aromatic N) is 2. The number of halogens is 1. The van der Waals surface area contributed by atoms with Gasteiger partial charge >= 0.3 is 6.03 Å². The van der Waals surface area contributed by atoms with Crippen molar-refractivity contribution in [3.8, 4) is 11.4 Å². The fraction of sp³-hybridized carbons (Fsp3) is 0.0870. The SMILES string of the molecule is COc1ccc(-n2cc(/C=C3/C(=O)NC(=O)N(c4cccc(Cl)c4)C3=O)cc2C)cc1. The summed E-state index contributed by atoms with van der Waals surface area (Å²) in [6.07, 6.45) is 3.28. The summed E-state index contributed by atoms with van der Waals surface area (Å²) in [6, 6.07) is 14.8. The van der Waals surface area contributed by atoms with Gasteiger partial charge in [-0.3, -0.25) is 14.9 Å². The Morgan fingerprint density at radius 3 is 2.42 bits per heavy atom. The molecule has 1 saturated heterocycles. The summed E-state index contributed by atoms with van der Waals surface area (Å²) < 4.78 is 7.11. The minimum Gasteiger partial charge on any atom is -0.497 e. The molecule has 0 saturated carbocycles. The van der Waals surface area contributed by atoms with Gasteiger partial charge in [0, 0.05) is 22.6 Å². The molecular weight excluding hydrogens is 418 g/mol. The minimum atomic E-state index is -0.818. The van der Waals surface area contributed by atoms with Gasteiger partial charge in [-0.1, -0.05) is 17.7 Å². The van der Waals surface area contributed by atoms with Crippen LogP contribution in [0.5, 0.6) is 5.75 Å². The van der Waals surface area contributed by atoms with Crippen molar-refractivity contribution in [2.24, 2.45) is 0 Å². The van der Waals surface area contributed by atoms with Crippen LogP contribution >= 0.6 is 11.6 Å². The number of barbiturate groups is 1. The van der Waals surface area contributed by atoms with Crippen LogP contribution in [0.25, 0.3) is 11.8 Å². The summed E-state index contributed by atoms with van der Waals surface area (Å²) >= 11 is 5.99. The van der Waals surface area contributed by atoms with Crippen LogP contribution in [0.15, 0.2) is 66.4 Å². The molecule has 4 amide bonds. The maximum absolute atomic E-state index is 13.0. The highest BCUT2D eigenvalue weighted by atomic mass is 35.5.